The second-order valence-electron chi connectivity index (χ2n) is 5.99. The summed E-state index contributed by atoms with van der Waals surface area (Å²) in [5.41, 5.74) is 2.91. The van der Waals surface area contributed by atoms with Crippen LogP contribution in [0.25, 0.3) is 0 Å². The van der Waals surface area contributed by atoms with Crippen LogP contribution in [0.3, 0.4) is 0 Å². The zero-order chi connectivity index (χ0) is 19.5. The van der Waals surface area contributed by atoms with E-state index < -0.39 is 10.0 Å². The molecular formula is C19H25NO5S. The lowest BCUT2D eigenvalue weighted by atomic mass is 10.1. The molecule has 2 aromatic carbocycles. The molecule has 6 nitrogen and oxygen atoms in total. The van der Waals surface area contributed by atoms with E-state index >= 15 is 0 Å². The van der Waals surface area contributed by atoms with Crippen molar-refractivity contribution in [3.63, 3.8) is 0 Å². The highest BCUT2D eigenvalue weighted by molar-refractivity contribution is 7.89. The molecule has 0 unspecified atom stereocenters. The van der Waals surface area contributed by atoms with Crippen LogP contribution in [0.1, 0.15) is 22.3 Å². The van der Waals surface area contributed by atoms with Crippen LogP contribution in [0, 0.1) is 20.8 Å². The van der Waals surface area contributed by atoms with Crippen LogP contribution >= 0.6 is 0 Å². The minimum absolute atomic E-state index is 0.145. The number of hydrogen-bond donors (Lipinski definition) is 1. The maximum Gasteiger partial charge on any atom is 0.241 e. The van der Waals surface area contributed by atoms with Crippen LogP contribution in [0.5, 0.6) is 17.2 Å². The minimum atomic E-state index is -3.68. The molecule has 0 aromatic heterocycles. The first-order valence-corrected chi connectivity index (χ1v) is 9.58. The van der Waals surface area contributed by atoms with Gasteiger partial charge in [0.05, 0.1) is 26.2 Å². The van der Waals surface area contributed by atoms with Crippen molar-refractivity contribution in [1.82, 2.24) is 4.72 Å². The van der Waals surface area contributed by atoms with Crippen LogP contribution in [0.4, 0.5) is 0 Å². The zero-order valence-electron chi connectivity index (χ0n) is 16.0. The lowest BCUT2D eigenvalue weighted by Gasteiger charge is -2.17. The van der Waals surface area contributed by atoms with Crippen molar-refractivity contribution in [2.24, 2.45) is 0 Å². The van der Waals surface area contributed by atoms with Crippen molar-refractivity contribution >= 4 is 10.0 Å². The molecule has 0 spiro atoms. The Bertz CT molecular complexity index is 907. The van der Waals surface area contributed by atoms with E-state index in [1.165, 1.54) is 0 Å². The second kappa shape index (κ2) is 7.97. The summed E-state index contributed by atoms with van der Waals surface area (Å²) in [5.74, 6) is 1.83. The first kappa shape index (κ1) is 20.1. The van der Waals surface area contributed by atoms with Gasteiger partial charge in [-0.15, -0.1) is 0 Å². The Balaban J connectivity index is 2.32. The van der Waals surface area contributed by atoms with E-state index in [-0.39, 0.29) is 11.4 Å². The summed E-state index contributed by atoms with van der Waals surface area (Å²) in [6.07, 6.45) is 0. The van der Waals surface area contributed by atoms with Gasteiger partial charge < -0.3 is 14.2 Å². The van der Waals surface area contributed by atoms with Crippen molar-refractivity contribution in [2.75, 3.05) is 21.3 Å². The van der Waals surface area contributed by atoms with Crippen molar-refractivity contribution in [1.29, 1.82) is 0 Å². The van der Waals surface area contributed by atoms with Crippen LogP contribution in [-0.2, 0) is 16.6 Å². The summed E-state index contributed by atoms with van der Waals surface area (Å²) >= 11 is 0. The second-order valence-corrected chi connectivity index (χ2v) is 7.69. The van der Waals surface area contributed by atoms with E-state index in [9.17, 15) is 8.42 Å². The first-order valence-electron chi connectivity index (χ1n) is 8.10. The standard InChI is InChI=1S/C19H25NO5S/c1-12-9-17(24-5)13(2)14(3)19(12)26(21,22)20-11-15-7-8-16(23-4)18(10-15)25-6/h7-10,20H,11H2,1-6H3. The third-order valence-electron chi connectivity index (χ3n) is 4.38. The summed E-state index contributed by atoms with van der Waals surface area (Å²) in [6.45, 7) is 5.55. The van der Waals surface area contributed by atoms with E-state index in [0.717, 1.165) is 11.1 Å². The molecule has 0 aliphatic rings. The molecule has 0 heterocycles. The van der Waals surface area contributed by atoms with Gasteiger partial charge in [-0.05, 0) is 61.2 Å². The Labute approximate surface area is 155 Å². The lowest BCUT2D eigenvalue weighted by Crippen LogP contribution is -2.25. The van der Waals surface area contributed by atoms with E-state index in [0.29, 0.717) is 28.4 Å². The number of rotatable bonds is 7. The van der Waals surface area contributed by atoms with E-state index in [4.69, 9.17) is 14.2 Å². The van der Waals surface area contributed by atoms with Crippen molar-refractivity contribution in [3.05, 3.63) is 46.5 Å². The Morgan fingerprint density at radius 1 is 0.846 bits per heavy atom. The smallest absolute Gasteiger partial charge is 0.241 e. The van der Waals surface area contributed by atoms with Crippen LogP contribution in [0.2, 0.25) is 0 Å². The van der Waals surface area contributed by atoms with E-state index in [1.807, 2.05) is 6.92 Å². The normalized spacial score (nSPS) is 11.3. The summed E-state index contributed by atoms with van der Waals surface area (Å²) in [7, 11) is 0.988. The Morgan fingerprint density at radius 3 is 2.04 bits per heavy atom. The van der Waals surface area contributed by atoms with Crippen LogP contribution < -0.4 is 18.9 Å². The van der Waals surface area contributed by atoms with Gasteiger partial charge in [0, 0.05) is 6.54 Å². The largest absolute Gasteiger partial charge is 0.496 e. The highest BCUT2D eigenvalue weighted by Gasteiger charge is 2.22. The summed E-state index contributed by atoms with van der Waals surface area (Å²) in [5, 5.41) is 0. The number of methoxy groups -OCH3 is 3. The lowest BCUT2D eigenvalue weighted by molar-refractivity contribution is 0.354. The molecule has 0 atom stereocenters. The average Bonchev–Trinajstić information content (AvgIpc) is 2.62. The van der Waals surface area contributed by atoms with Crippen LogP contribution in [0.15, 0.2) is 29.2 Å². The molecule has 0 aliphatic carbocycles. The number of hydrogen-bond acceptors (Lipinski definition) is 5. The van der Waals surface area contributed by atoms with E-state index in [1.54, 1.807) is 59.4 Å². The molecule has 0 aliphatic heterocycles. The third kappa shape index (κ3) is 3.94. The molecule has 0 amide bonds. The van der Waals surface area contributed by atoms with Gasteiger partial charge in [-0.1, -0.05) is 6.07 Å². The average molecular weight is 379 g/mol. The molecule has 0 saturated carbocycles. The Kier molecular flexibility index (Phi) is 6.15. The van der Waals surface area contributed by atoms with Gasteiger partial charge in [-0.25, -0.2) is 13.1 Å². The fourth-order valence-corrected chi connectivity index (χ4v) is 4.43. The number of aryl methyl sites for hydroxylation is 1. The Morgan fingerprint density at radius 2 is 1.46 bits per heavy atom. The maximum atomic E-state index is 12.9. The zero-order valence-corrected chi connectivity index (χ0v) is 16.8. The number of ether oxygens (including phenoxy) is 3. The monoisotopic (exact) mass is 379 g/mol. The molecule has 0 radical (unpaired) electrons. The number of benzene rings is 2. The highest BCUT2D eigenvalue weighted by atomic mass is 32.2. The molecule has 0 saturated heterocycles. The summed E-state index contributed by atoms with van der Waals surface area (Å²) < 4.78 is 44.2. The van der Waals surface area contributed by atoms with Crippen molar-refractivity contribution in [3.8, 4) is 17.2 Å². The summed E-state index contributed by atoms with van der Waals surface area (Å²) in [4.78, 5) is 0.288. The van der Waals surface area contributed by atoms with Gasteiger partial charge in [0.1, 0.15) is 5.75 Å². The van der Waals surface area contributed by atoms with Gasteiger partial charge in [-0.2, -0.15) is 0 Å². The molecular weight excluding hydrogens is 354 g/mol. The first-order chi connectivity index (χ1) is 12.2. The molecule has 2 aromatic rings. The number of nitrogens with one attached hydrogen (secondary N) is 1. The molecule has 1 N–H and O–H groups in total. The van der Waals surface area contributed by atoms with Gasteiger partial charge in [-0.3, -0.25) is 0 Å². The quantitative estimate of drug-likeness (QED) is 0.800. The molecule has 0 bridgehead atoms. The van der Waals surface area contributed by atoms with Crippen molar-refractivity contribution in [2.45, 2.75) is 32.2 Å². The predicted molar refractivity (Wildman–Crippen MR) is 101 cm³/mol. The molecule has 0 fully saturated rings. The fourth-order valence-electron chi connectivity index (χ4n) is 2.89. The molecule has 142 valence electrons. The van der Waals surface area contributed by atoms with E-state index in [2.05, 4.69) is 4.72 Å². The topological polar surface area (TPSA) is 73.9 Å². The predicted octanol–water partition coefficient (Wildman–Crippen LogP) is 3.12. The van der Waals surface area contributed by atoms with Gasteiger partial charge in [0.25, 0.3) is 0 Å². The van der Waals surface area contributed by atoms with Gasteiger partial charge in [0.2, 0.25) is 10.0 Å². The molecule has 2 rings (SSSR count). The molecule has 26 heavy (non-hydrogen) atoms. The Hall–Kier alpha value is -2.25. The third-order valence-corrected chi connectivity index (χ3v) is 6.07. The van der Waals surface area contributed by atoms with Gasteiger partial charge >= 0.3 is 0 Å². The number of sulfonamides is 1. The SMILES string of the molecule is COc1ccc(CNS(=O)(=O)c2c(C)cc(OC)c(C)c2C)cc1OC. The highest BCUT2D eigenvalue weighted by Crippen LogP contribution is 2.31. The van der Waals surface area contributed by atoms with Crippen LogP contribution in [-0.4, -0.2) is 29.7 Å². The van der Waals surface area contributed by atoms with Crippen molar-refractivity contribution < 1.29 is 22.6 Å². The fraction of sp³-hybridized carbons (Fsp3) is 0.368. The minimum Gasteiger partial charge on any atom is -0.496 e. The molecule has 7 heteroatoms. The summed E-state index contributed by atoms with van der Waals surface area (Å²) in [6, 6.07) is 7.03. The van der Waals surface area contributed by atoms with Gasteiger partial charge in [0.15, 0.2) is 11.5 Å². The maximum absolute atomic E-state index is 12.9.